The van der Waals surface area contributed by atoms with Crippen molar-refractivity contribution in [1.82, 2.24) is 31.0 Å². The lowest BCUT2D eigenvalue weighted by atomic mass is 9.85. The van der Waals surface area contributed by atoms with Gasteiger partial charge in [0.15, 0.2) is 5.03 Å². The Kier molecular flexibility index (Phi) is 21.2. The van der Waals surface area contributed by atoms with Crippen molar-refractivity contribution >= 4 is 74.5 Å². The minimum absolute atomic E-state index is 0.0255. The molecule has 3 unspecified atom stereocenters. The minimum atomic E-state index is -4.03. The monoisotopic (exact) mass is 977 g/mol. The van der Waals surface area contributed by atoms with Gasteiger partial charge in [-0.3, -0.25) is 33.7 Å². The first-order valence-electron chi connectivity index (χ1n) is 22.4. The molecule has 3 atom stereocenters. The van der Waals surface area contributed by atoms with E-state index in [-0.39, 0.29) is 89.3 Å². The second-order valence-corrected chi connectivity index (χ2v) is 19.6. The molecule has 19 nitrogen and oxygen atoms in total. The van der Waals surface area contributed by atoms with Crippen LogP contribution in [0.15, 0.2) is 52.4 Å². The fraction of sp³-hybridized carbons (Fsp3) is 0.568. The molecule has 5 amide bonds. The second-order valence-electron chi connectivity index (χ2n) is 17.0. The van der Waals surface area contributed by atoms with Crippen LogP contribution in [0.25, 0.3) is 0 Å². The molecule has 1 aliphatic heterocycles. The number of hydrazine groups is 1. The number of halogens is 2. The molecular formula is C44H61Cl2N9O10S. The number of sulfonamides is 1. The molecule has 7 N–H and O–H groups in total. The number of imide groups is 1. The molecule has 1 aliphatic carbocycles. The van der Waals surface area contributed by atoms with E-state index >= 15 is 0 Å². The highest BCUT2D eigenvalue weighted by Gasteiger charge is 2.36. The van der Waals surface area contributed by atoms with E-state index in [9.17, 15) is 47.3 Å². The summed E-state index contributed by atoms with van der Waals surface area (Å²) < 4.78 is 27.7. The quantitative estimate of drug-likeness (QED) is 0.0129. The molecule has 66 heavy (non-hydrogen) atoms. The Hall–Kier alpha value is -5.18. The van der Waals surface area contributed by atoms with Crippen LogP contribution in [0.4, 0.5) is 0 Å². The van der Waals surface area contributed by atoms with Crippen molar-refractivity contribution in [3.05, 3.63) is 73.8 Å². The Labute approximate surface area is 395 Å². The molecule has 1 heterocycles. The van der Waals surface area contributed by atoms with Crippen LogP contribution < -0.4 is 31.8 Å². The van der Waals surface area contributed by atoms with E-state index in [4.69, 9.17) is 28.9 Å². The Balaban J connectivity index is 1.34. The lowest BCUT2D eigenvalue weighted by molar-refractivity contribution is -0.525. The molecule has 0 spiro atoms. The number of carbonyl (C=O) groups is 6. The zero-order valence-corrected chi connectivity index (χ0v) is 39.7. The number of fused-ring (bicyclic) bond motifs is 1. The van der Waals surface area contributed by atoms with Gasteiger partial charge in [0.1, 0.15) is 6.04 Å². The van der Waals surface area contributed by atoms with E-state index in [1.54, 1.807) is 43.5 Å². The molecule has 362 valence electrons. The number of unbranched alkanes of at least 4 members (excludes halogenated alkanes) is 5. The van der Waals surface area contributed by atoms with Gasteiger partial charge in [-0.15, -0.1) is 0 Å². The number of hydrogen-bond donors (Lipinski definition) is 6. The van der Waals surface area contributed by atoms with Crippen molar-refractivity contribution in [2.45, 2.75) is 121 Å². The molecule has 2 aliphatic rings. The normalized spacial score (nSPS) is 15.6. The smallest absolute Gasteiger partial charge is 0.289 e. The van der Waals surface area contributed by atoms with Gasteiger partial charge in [-0.05, 0) is 87.1 Å². The SMILES string of the molecule is CC(C)CC(NC(=O)C(CCCN=C(N)N[N+](=O)[O-])NC(=O)C(CCCCCCCCN1C(=O)c2ccccc2C1=O)C1CCCC1)C(=O)C(=O)NCCNS(=O)(=O)c1ccc(Cl)c(Cl)c1. The predicted molar refractivity (Wildman–Crippen MR) is 248 cm³/mol. The van der Waals surface area contributed by atoms with Crippen LogP contribution in [0.2, 0.25) is 10.0 Å². The number of ketones is 1. The number of rotatable bonds is 28. The number of nitro groups is 1. The highest BCUT2D eigenvalue weighted by atomic mass is 35.5. The molecule has 2 aromatic rings. The maximum atomic E-state index is 14.1. The number of aliphatic imine (C=N–C) groups is 1. The van der Waals surface area contributed by atoms with Crippen molar-refractivity contribution in [2.75, 3.05) is 26.2 Å². The van der Waals surface area contributed by atoms with Gasteiger partial charge < -0.3 is 21.7 Å². The average Bonchev–Trinajstić information content (AvgIpc) is 3.88. The molecule has 1 fully saturated rings. The zero-order valence-electron chi connectivity index (χ0n) is 37.3. The van der Waals surface area contributed by atoms with Gasteiger partial charge in [0.25, 0.3) is 23.7 Å². The third kappa shape index (κ3) is 16.3. The summed E-state index contributed by atoms with van der Waals surface area (Å²) in [5, 5.41) is 18.1. The van der Waals surface area contributed by atoms with Crippen LogP contribution in [0, 0.1) is 27.9 Å². The number of nitrogens with one attached hydrogen (secondary N) is 5. The van der Waals surface area contributed by atoms with Gasteiger partial charge in [-0.25, -0.2) is 28.2 Å². The number of Topliss-reactive ketones (excluding diaryl/α,β-unsaturated/α-hetero) is 1. The first-order chi connectivity index (χ1) is 31.4. The van der Waals surface area contributed by atoms with Gasteiger partial charge in [0.05, 0.1) is 32.1 Å². The van der Waals surface area contributed by atoms with Gasteiger partial charge in [0.2, 0.25) is 27.6 Å². The largest absolute Gasteiger partial charge is 0.365 e. The molecule has 0 radical (unpaired) electrons. The molecular weight excluding hydrogens is 918 g/mol. The summed E-state index contributed by atoms with van der Waals surface area (Å²) in [6.07, 6.45) is 9.47. The maximum absolute atomic E-state index is 14.1. The van der Waals surface area contributed by atoms with E-state index in [0.717, 1.165) is 57.8 Å². The second kappa shape index (κ2) is 26.2. The fourth-order valence-electron chi connectivity index (χ4n) is 8.20. The van der Waals surface area contributed by atoms with E-state index in [1.807, 2.05) is 0 Å². The van der Waals surface area contributed by atoms with E-state index in [1.165, 1.54) is 23.1 Å². The first-order valence-corrected chi connectivity index (χ1v) is 24.7. The number of guanidine groups is 1. The van der Waals surface area contributed by atoms with E-state index < -0.39 is 50.7 Å². The lowest BCUT2D eigenvalue weighted by Gasteiger charge is -2.27. The Morgan fingerprint density at radius 1 is 0.848 bits per heavy atom. The number of amides is 5. The van der Waals surface area contributed by atoms with Gasteiger partial charge in [-0.1, -0.05) is 99.6 Å². The van der Waals surface area contributed by atoms with Crippen LogP contribution in [-0.4, -0.2) is 97.9 Å². The van der Waals surface area contributed by atoms with Crippen LogP contribution >= 0.6 is 23.2 Å². The Morgan fingerprint density at radius 2 is 1.47 bits per heavy atom. The summed E-state index contributed by atoms with van der Waals surface area (Å²) in [5.74, 6) is -4.44. The van der Waals surface area contributed by atoms with Crippen LogP contribution in [0.1, 0.15) is 124 Å². The first kappa shape index (κ1) is 53.4. The zero-order chi connectivity index (χ0) is 48.4. The van der Waals surface area contributed by atoms with E-state index in [2.05, 4.69) is 25.7 Å². The highest BCUT2D eigenvalue weighted by molar-refractivity contribution is 7.89. The standard InChI is InChI=1S/C44H61Cl2N9O10S/c1-28(2)26-37(38(56)41(59)48-23-24-50-66(64,65)30-20-21-34(45)35(46)27-30)52-40(58)36(19-13-22-49-44(47)53-55(62)63)51-39(57)31(29-14-8-9-15-29)16-7-5-3-4-6-12-25-54-42(60)32-17-10-11-18-33(32)43(54)61/h10-11,17-18,20-21,27-29,31,36-37,50H,3-9,12-16,19,22-26H2,1-2H3,(H,48,59)(H,51,57)(H,52,58)(H3,47,49,53). The molecule has 0 bridgehead atoms. The molecule has 1 saturated carbocycles. The molecule has 0 aromatic heterocycles. The maximum Gasteiger partial charge on any atom is 0.289 e. The Bertz CT molecular complexity index is 2170. The van der Waals surface area contributed by atoms with Crippen molar-refractivity contribution in [2.24, 2.45) is 28.5 Å². The lowest BCUT2D eigenvalue weighted by Crippen LogP contribution is -2.55. The summed E-state index contributed by atoms with van der Waals surface area (Å²) >= 11 is 11.8. The number of hydrogen-bond acceptors (Lipinski definition) is 11. The van der Waals surface area contributed by atoms with E-state index in [0.29, 0.717) is 30.5 Å². The van der Waals surface area contributed by atoms with Crippen LogP contribution in [0.3, 0.4) is 0 Å². The van der Waals surface area contributed by atoms with Crippen molar-refractivity contribution in [1.29, 1.82) is 0 Å². The predicted octanol–water partition coefficient (Wildman–Crippen LogP) is 4.68. The summed E-state index contributed by atoms with van der Waals surface area (Å²) in [5.41, 5.74) is 8.18. The summed E-state index contributed by atoms with van der Waals surface area (Å²) in [7, 11) is -4.03. The van der Waals surface area contributed by atoms with Crippen molar-refractivity contribution < 1.29 is 42.2 Å². The molecule has 0 saturated heterocycles. The summed E-state index contributed by atoms with van der Waals surface area (Å²) in [6, 6.07) is 8.12. The number of nitrogens with zero attached hydrogens (tertiary/aromatic N) is 3. The number of benzene rings is 2. The van der Waals surface area contributed by atoms with Crippen LogP contribution in [-0.2, 0) is 29.2 Å². The number of nitrogens with two attached hydrogens (primary N) is 1. The Morgan fingerprint density at radius 3 is 2.09 bits per heavy atom. The van der Waals surface area contributed by atoms with Gasteiger partial charge in [0, 0.05) is 32.1 Å². The third-order valence-corrected chi connectivity index (χ3v) is 13.8. The van der Waals surface area contributed by atoms with Gasteiger partial charge in [-0.2, -0.15) is 0 Å². The average molecular weight is 979 g/mol. The number of carbonyl (C=O) groups excluding carboxylic acids is 6. The summed E-state index contributed by atoms with van der Waals surface area (Å²) in [4.78, 5) is 95.9. The van der Waals surface area contributed by atoms with Crippen molar-refractivity contribution in [3.63, 3.8) is 0 Å². The molecule has 4 rings (SSSR count). The minimum Gasteiger partial charge on any atom is -0.365 e. The highest BCUT2D eigenvalue weighted by Crippen LogP contribution is 2.35. The molecule has 2 aromatic carbocycles. The molecule has 22 heteroatoms. The topological polar surface area (TPSA) is 281 Å². The fourth-order valence-corrected chi connectivity index (χ4v) is 9.63. The third-order valence-electron chi connectivity index (χ3n) is 11.6. The van der Waals surface area contributed by atoms with Crippen LogP contribution in [0.5, 0.6) is 0 Å². The van der Waals surface area contributed by atoms with Crippen molar-refractivity contribution in [3.8, 4) is 0 Å². The summed E-state index contributed by atoms with van der Waals surface area (Å²) in [6.45, 7) is 3.39. The van der Waals surface area contributed by atoms with Gasteiger partial charge >= 0.3 is 0 Å².